The molecule has 0 aromatic heterocycles. The Bertz CT molecular complexity index is 742. The van der Waals surface area contributed by atoms with Crippen LogP contribution in [-0.2, 0) is 6.42 Å². The van der Waals surface area contributed by atoms with Crippen LogP contribution in [0.1, 0.15) is 29.8 Å². The second-order valence-electron chi connectivity index (χ2n) is 5.40. The molecule has 1 amide bonds. The Kier molecular flexibility index (Phi) is 4.89. The number of hydrogen-bond acceptors (Lipinski definition) is 4. The van der Waals surface area contributed by atoms with E-state index in [-0.39, 0.29) is 5.91 Å². The van der Waals surface area contributed by atoms with Gasteiger partial charge in [0, 0.05) is 17.7 Å². The van der Waals surface area contributed by atoms with Gasteiger partial charge in [0.15, 0.2) is 11.5 Å². The standard InChI is InChI=1S/C19H21NO4/c1-3-22-17-7-5-14(12-18(17)23-4-2)19(21)20-15-6-8-16-13(11-15)9-10-24-16/h5-8,11-12H,3-4,9-10H2,1-2H3,(H,20,21). The van der Waals surface area contributed by atoms with Gasteiger partial charge in [0.25, 0.3) is 5.91 Å². The topological polar surface area (TPSA) is 56.8 Å². The third-order valence-corrected chi connectivity index (χ3v) is 3.75. The molecular formula is C19H21NO4. The van der Waals surface area contributed by atoms with Crippen LogP contribution in [0.15, 0.2) is 36.4 Å². The highest BCUT2D eigenvalue weighted by atomic mass is 16.5. The van der Waals surface area contributed by atoms with E-state index in [1.54, 1.807) is 18.2 Å². The first-order valence-electron chi connectivity index (χ1n) is 8.18. The van der Waals surface area contributed by atoms with Gasteiger partial charge in [-0.25, -0.2) is 0 Å². The van der Waals surface area contributed by atoms with Crippen LogP contribution in [0.4, 0.5) is 5.69 Å². The van der Waals surface area contributed by atoms with Crippen LogP contribution in [0.3, 0.4) is 0 Å². The molecular weight excluding hydrogens is 306 g/mol. The summed E-state index contributed by atoms with van der Waals surface area (Å²) in [4.78, 5) is 12.5. The average Bonchev–Trinajstić information content (AvgIpc) is 3.04. The second-order valence-corrected chi connectivity index (χ2v) is 5.40. The fourth-order valence-corrected chi connectivity index (χ4v) is 2.66. The fraction of sp³-hybridized carbons (Fsp3) is 0.316. The summed E-state index contributed by atoms with van der Waals surface area (Å²) in [5.41, 5.74) is 2.41. The number of ether oxygens (including phenoxy) is 3. The molecule has 0 fully saturated rings. The zero-order chi connectivity index (χ0) is 16.9. The minimum Gasteiger partial charge on any atom is -0.493 e. The summed E-state index contributed by atoms with van der Waals surface area (Å²) in [6, 6.07) is 10.9. The minimum absolute atomic E-state index is 0.183. The van der Waals surface area contributed by atoms with Gasteiger partial charge < -0.3 is 19.5 Å². The smallest absolute Gasteiger partial charge is 0.255 e. The Morgan fingerprint density at radius 1 is 1.08 bits per heavy atom. The van der Waals surface area contributed by atoms with Crippen LogP contribution >= 0.6 is 0 Å². The number of amides is 1. The van der Waals surface area contributed by atoms with E-state index in [0.29, 0.717) is 36.9 Å². The molecule has 2 aromatic rings. The van der Waals surface area contributed by atoms with Gasteiger partial charge in [-0.15, -0.1) is 0 Å². The first-order valence-corrected chi connectivity index (χ1v) is 8.18. The number of rotatable bonds is 6. The van der Waals surface area contributed by atoms with Gasteiger partial charge in [0.05, 0.1) is 19.8 Å². The maximum Gasteiger partial charge on any atom is 0.255 e. The van der Waals surface area contributed by atoms with E-state index in [4.69, 9.17) is 14.2 Å². The molecule has 5 heteroatoms. The van der Waals surface area contributed by atoms with Gasteiger partial charge in [-0.3, -0.25) is 4.79 Å². The molecule has 24 heavy (non-hydrogen) atoms. The molecule has 2 aromatic carbocycles. The summed E-state index contributed by atoms with van der Waals surface area (Å²) in [7, 11) is 0. The SMILES string of the molecule is CCOc1ccc(C(=O)Nc2ccc3c(c2)CCO3)cc1OCC. The zero-order valence-corrected chi connectivity index (χ0v) is 13.9. The highest BCUT2D eigenvalue weighted by molar-refractivity contribution is 6.04. The first kappa shape index (κ1) is 16.2. The van der Waals surface area contributed by atoms with E-state index in [0.717, 1.165) is 23.4 Å². The molecule has 0 spiro atoms. The molecule has 1 aliphatic heterocycles. The summed E-state index contributed by atoms with van der Waals surface area (Å²) >= 11 is 0. The third kappa shape index (κ3) is 3.45. The lowest BCUT2D eigenvalue weighted by molar-refractivity contribution is 0.102. The lowest BCUT2D eigenvalue weighted by Gasteiger charge is -2.12. The van der Waals surface area contributed by atoms with Crippen molar-refractivity contribution in [2.45, 2.75) is 20.3 Å². The number of anilines is 1. The molecule has 0 saturated heterocycles. The lowest BCUT2D eigenvalue weighted by Crippen LogP contribution is -2.12. The summed E-state index contributed by atoms with van der Waals surface area (Å²) in [6.07, 6.45) is 0.872. The summed E-state index contributed by atoms with van der Waals surface area (Å²) in [5, 5.41) is 2.92. The largest absolute Gasteiger partial charge is 0.493 e. The molecule has 5 nitrogen and oxygen atoms in total. The Balaban J connectivity index is 1.78. The molecule has 3 rings (SSSR count). The highest BCUT2D eigenvalue weighted by Crippen LogP contribution is 2.30. The van der Waals surface area contributed by atoms with Crippen LogP contribution < -0.4 is 19.5 Å². The predicted molar refractivity (Wildman–Crippen MR) is 92.4 cm³/mol. The maximum absolute atomic E-state index is 12.5. The van der Waals surface area contributed by atoms with E-state index >= 15 is 0 Å². The van der Waals surface area contributed by atoms with Crippen molar-refractivity contribution in [3.8, 4) is 17.2 Å². The van der Waals surface area contributed by atoms with Crippen molar-refractivity contribution in [1.29, 1.82) is 0 Å². The monoisotopic (exact) mass is 327 g/mol. The number of benzene rings is 2. The predicted octanol–water partition coefficient (Wildman–Crippen LogP) is 3.67. The van der Waals surface area contributed by atoms with E-state index in [1.807, 2.05) is 32.0 Å². The van der Waals surface area contributed by atoms with Crippen LogP contribution in [0.2, 0.25) is 0 Å². The maximum atomic E-state index is 12.5. The third-order valence-electron chi connectivity index (χ3n) is 3.75. The van der Waals surface area contributed by atoms with Crippen molar-refractivity contribution >= 4 is 11.6 Å². The highest BCUT2D eigenvalue weighted by Gasteiger charge is 2.15. The summed E-state index contributed by atoms with van der Waals surface area (Å²) in [6.45, 7) is 5.56. The van der Waals surface area contributed by atoms with Gasteiger partial charge in [-0.1, -0.05) is 0 Å². The zero-order valence-electron chi connectivity index (χ0n) is 13.9. The molecule has 126 valence electrons. The Morgan fingerprint density at radius 2 is 1.88 bits per heavy atom. The van der Waals surface area contributed by atoms with Crippen molar-refractivity contribution in [2.75, 3.05) is 25.1 Å². The van der Waals surface area contributed by atoms with Crippen molar-refractivity contribution < 1.29 is 19.0 Å². The number of hydrogen-bond donors (Lipinski definition) is 1. The van der Waals surface area contributed by atoms with Gasteiger partial charge in [-0.05, 0) is 55.8 Å². The fourth-order valence-electron chi connectivity index (χ4n) is 2.66. The molecule has 0 radical (unpaired) electrons. The molecule has 0 atom stereocenters. The van der Waals surface area contributed by atoms with Crippen molar-refractivity contribution in [3.05, 3.63) is 47.5 Å². The molecule has 1 heterocycles. The molecule has 0 saturated carbocycles. The molecule has 1 aliphatic rings. The lowest BCUT2D eigenvalue weighted by atomic mass is 10.1. The van der Waals surface area contributed by atoms with Crippen LogP contribution in [0.5, 0.6) is 17.2 Å². The minimum atomic E-state index is -0.183. The summed E-state index contributed by atoms with van der Waals surface area (Å²) < 4.78 is 16.6. The Hall–Kier alpha value is -2.69. The van der Waals surface area contributed by atoms with E-state index < -0.39 is 0 Å². The van der Waals surface area contributed by atoms with Gasteiger partial charge in [-0.2, -0.15) is 0 Å². The molecule has 0 aliphatic carbocycles. The van der Waals surface area contributed by atoms with Crippen LogP contribution in [0.25, 0.3) is 0 Å². The van der Waals surface area contributed by atoms with Gasteiger partial charge in [0.2, 0.25) is 0 Å². The average molecular weight is 327 g/mol. The van der Waals surface area contributed by atoms with Crippen LogP contribution in [0, 0.1) is 0 Å². The van der Waals surface area contributed by atoms with Gasteiger partial charge >= 0.3 is 0 Å². The number of carbonyl (C=O) groups excluding carboxylic acids is 1. The van der Waals surface area contributed by atoms with E-state index in [1.165, 1.54) is 0 Å². The van der Waals surface area contributed by atoms with E-state index in [9.17, 15) is 4.79 Å². The number of nitrogens with one attached hydrogen (secondary N) is 1. The normalized spacial score (nSPS) is 12.2. The number of fused-ring (bicyclic) bond motifs is 1. The summed E-state index contributed by atoms with van der Waals surface area (Å²) in [5.74, 6) is 1.94. The quantitative estimate of drug-likeness (QED) is 0.879. The van der Waals surface area contributed by atoms with Crippen LogP contribution in [-0.4, -0.2) is 25.7 Å². The van der Waals surface area contributed by atoms with Crippen molar-refractivity contribution in [1.82, 2.24) is 0 Å². The molecule has 1 N–H and O–H groups in total. The first-order chi connectivity index (χ1) is 11.7. The molecule has 0 bridgehead atoms. The number of carbonyl (C=O) groups is 1. The van der Waals surface area contributed by atoms with Gasteiger partial charge in [0.1, 0.15) is 5.75 Å². The molecule has 0 unspecified atom stereocenters. The Morgan fingerprint density at radius 3 is 2.67 bits per heavy atom. The van der Waals surface area contributed by atoms with E-state index in [2.05, 4.69) is 5.32 Å². The van der Waals surface area contributed by atoms with Crippen molar-refractivity contribution in [2.24, 2.45) is 0 Å². The Labute approximate surface area is 141 Å². The second kappa shape index (κ2) is 7.25. The van der Waals surface area contributed by atoms with Crippen molar-refractivity contribution in [3.63, 3.8) is 0 Å².